The van der Waals surface area contributed by atoms with Crippen LogP contribution < -0.4 is 19.6 Å². The molecule has 0 unspecified atom stereocenters. The first-order valence-corrected chi connectivity index (χ1v) is 8.14. The molecule has 0 bridgehead atoms. The lowest BCUT2D eigenvalue weighted by atomic mass is 10.2. The van der Waals surface area contributed by atoms with Crippen LogP contribution in [-0.2, 0) is 9.53 Å². The van der Waals surface area contributed by atoms with E-state index in [2.05, 4.69) is 15.6 Å². The average molecular weight is 386 g/mol. The van der Waals surface area contributed by atoms with E-state index in [1.807, 2.05) is 0 Å². The highest BCUT2D eigenvalue weighted by molar-refractivity contribution is 5.94. The molecule has 0 saturated carbocycles. The van der Waals surface area contributed by atoms with Gasteiger partial charge >= 0.3 is 5.97 Å². The zero-order chi connectivity index (χ0) is 20.1. The summed E-state index contributed by atoms with van der Waals surface area (Å²) in [5.74, 6) is 0.0922. The molecule has 0 aliphatic heterocycles. The molecule has 0 atom stereocenters. The van der Waals surface area contributed by atoms with Gasteiger partial charge in [0.25, 0.3) is 5.91 Å². The van der Waals surface area contributed by atoms with Crippen molar-refractivity contribution in [2.75, 3.05) is 33.3 Å². The van der Waals surface area contributed by atoms with Gasteiger partial charge in [0, 0.05) is 6.07 Å². The fourth-order valence-electron chi connectivity index (χ4n) is 2.46. The Labute approximate surface area is 159 Å². The smallest absolute Gasteiger partial charge is 0.337 e. The van der Waals surface area contributed by atoms with Gasteiger partial charge in [-0.25, -0.2) is 4.79 Å². The molecular weight excluding hydrogens is 368 g/mol. The molecule has 0 aliphatic rings. The first-order chi connectivity index (χ1) is 13.5. The van der Waals surface area contributed by atoms with Crippen molar-refractivity contribution in [2.45, 2.75) is 0 Å². The van der Waals surface area contributed by atoms with Gasteiger partial charge in [0.2, 0.25) is 0 Å². The third kappa shape index (κ3) is 3.95. The second-order valence-electron chi connectivity index (χ2n) is 5.55. The molecule has 3 rings (SSSR count). The van der Waals surface area contributed by atoms with Crippen LogP contribution in [0.4, 0.5) is 5.69 Å². The lowest BCUT2D eigenvalue weighted by molar-refractivity contribution is -0.121. The number of anilines is 1. The number of amides is 1. The number of methoxy groups -OCH3 is 3. The highest BCUT2D eigenvalue weighted by Crippen LogP contribution is 2.28. The van der Waals surface area contributed by atoms with Crippen molar-refractivity contribution in [1.82, 2.24) is 15.2 Å². The lowest BCUT2D eigenvalue weighted by Gasteiger charge is -2.12. The third-order valence-corrected chi connectivity index (χ3v) is 3.83. The van der Waals surface area contributed by atoms with Gasteiger partial charge in [0.1, 0.15) is 22.5 Å². The highest BCUT2D eigenvalue weighted by atomic mass is 16.7. The Hall–Kier alpha value is -3.82. The molecule has 1 aromatic heterocycles. The van der Waals surface area contributed by atoms with Gasteiger partial charge in [-0.05, 0) is 35.5 Å². The number of carbonyl (C=O) groups is 2. The van der Waals surface area contributed by atoms with E-state index in [0.717, 1.165) is 4.85 Å². The van der Waals surface area contributed by atoms with Crippen molar-refractivity contribution in [2.24, 2.45) is 0 Å². The Morgan fingerprint density at radius 1 is 1.07 bits per heavy atom. The number of hydrogen-bond acceptors (Lipinski definition) is 8. The first-order valence-electron chi connectivity index (χ1n) is 8.14. The molecule has 0 spiro atoms. The summed E-state index contributed by atoms with van der Waals surface area (Å²) in [6, 6.07) is 9.71. The fourth-order valence-corrected chi connectivity index (χ4v) is 2.46. The molecule has 0 saturated heterocycles. The number of nitrogens with one attached hydrogen (secondary N) is 1. The Kier molecular flexibility index (Phi) is 5.58. The summed E-state index contributed by atoms with van der Waals surface area (Å²) in [4.78, 5) is 30.4. The van der Waals surface area contributed by atoms with Gasteiger partial charge < -0.3 is 24.4 Å². The lowest BCUT2D eigenvalue weighted by Crippen LogP contribution is -2.26. The van der Waals surface area contributed by atoms with E-state index in [1.165, 1.54) is 27.4 Å². The van der Waals surface area contributed by atoms with Crippen LogP contribution in [0.25, 0.3) is 11.0 Å². The summed E-state index contributed by atoms with van der Waals surface area (Å²) in [7, 11) is 4.30. The minimum atomic E-state index is -0.502. The van der Waals surface area contributed by atoms with Crippen LogP contribution in [0.1, 0.15) is 10.4 Å². The van der Waals surface area contributed by atoms with Crippen LogP contribution in [0.3, 0.4) is 0 Å². The Bertz CT molecular complexity index is 1020. The molecule has 0 fully saturated rings. The summed E-state index contributed by atoms with van der Waals surface area (Å²) in [6.45, 7) is -0.346. The SMILES string of the molecule is COC(=O)c1ccc2nnn(OCC(=O)Nc3cc(OC)ccc3OC)c2c1. The van der Waals surface area contributed by atoms with E-state index >= 15 is 0 Å². The molecule has 3 aromatic rings. The van der Waals surface area contributed by atoms with E-state index in [1.54, 1.807) is 30.3 Å². The van der Waals surface area contributed by atoms with Crippen molar-refractivity contribution >= 4 is 28.6 Å². The minimum absolute atomic E-state index is 0.313. The van der Waals surface area contributed by atoms with E-state index in [0.29, 0.717) is 33.8 Å². The zero-order valence-electron chi connectivity index (χ0n) is 15.5. The molecule has 10 heteroatoms. The van der Waals surface area contributed by atoms with Crippen LogP contribution >= 0.6 is 0 Å². The highest BCUT2D eigenvalue weighted by Gasteiger charge is 2.14. The summed E-state index contributed by atoms with van der Waals surface area (Å²) >= 11 is 0. The number of hydrogen-bond donors (Lipinski definition) is 1. The third-order valence-electron chi connectivity index (χ3n) is 3.83. The number of aromatic nitrogens is 3. The molecule has 28 heavy (non-hydrogen) atoms. The summed E-state index contributed by atoms with van der Waals surface area (Å²) in [5, 5.41) is 10.4. The second kappa shape index (κ2) is 8.25. The molecule has 146 valence electrons. The van der Waals surface area contributed by atoms with Crippen LogP contribution in [-0.4, -0.2) is 55.0 Å². The van der Waals surface area contributed by atoms with Crippen LogP contribution in [0.2, 0.25) is 0 Å². The van der Waals surface area contributed by atoms with Gasteiger partial charge in [-0.15, -0.1) is 5.10 Å². The van der Waals surface area contributed by atoms with Gasteiger partial charge in [-0.1, -0.05) is 4.85 Å². The molecule has 1 amide bonds. The summed E-state index contributed by atoms with van der Waals surface area (Å²) in [6.07, 6.45) is 0. The first kappa shape index (κ1) is 19.0. The maximum atomic E-state index is 12.3. The molecule has 1 N–H and O–H groups in total. The number of benzene rings is 2. The molecule has 0 radical (unpaired) electrons. The van der Waals surface area contributed by atoms with Crippen molar-refractivity contribution in [3.63, 3.8) is 0 Å². The topological polar surface area (TPSA) is 114 Å². The van der Waals surface area contributed by atoms with Crippen molar-refractivity contribution in [1.29, 1.82) is 0 Å². The molecule has 10 nitrogen and oxygen atoms in total. The number of rotatable bonds is 7. The number of nitrogens with zero attached hydrogens (tertiary/aromatic N) is 3. The van der Waals surface area contributed by atoms with Crippen molar-refractivity contribution < 1.29 is 28.6 Å². The maximum absolute atomic E-state index is 12.3. The predicted molar refractivity (Wildman–Crippen MR) is 98.5 cm³/mol. The number of carbonyl (C=O) groups excluding carboxylic acids is 2. The predicted octanol–water partition coefficient (Wildman–Crippen LogP) is 1.30. The van der Waals surface area contributed by atoms with Gasteiger partial charge in [0.05, 0.1) is 32.6 Å². The van der Waals surface area contributed by atoms with E-state index in [-0.39, 0.29) is 6.61 Å². The molecule has 2 aromatic carbocycles. The molecular formula is C18H18N4O6. The van der Waals surface area contributed by atoms with Crippen molar-refractivity contribution in [3.05, 3.63) is 42.0 Å². The monoisotopic (exact) mass is 386 g/mol. The maximum Gasteiger partial charge on any atom is 0.337 e. The van der Waals surface area contributed by atoms with Gasteiger partial charge in [0.15, 0.2) is 6.61 Å². The fraction of sp³-hybridized carbons (Fsp3) is 0.222. The van der Waals surface area contributed by atoms with Gasteiger partial charge in [-0.2, -0.15) is 0 Å². The quantitative estimate of drug-likeness (QED) is 0.605. The van der Waals surface area contributed by atoms with E-state index in [4.69, 9.17) is 19.0 Å². The zero-order valence-corrected chi connectivity index (χ0v) is 15.5. The largest absolute Gasteiger partial charge is 0.497 e. The average Bonchev–Trinajstić information content (AvgIpc) is 3.13. The van der Waals surface area contributed by atoms with Crippen LogP contribution in [0, 0.1) is 0 Å². The number of esters is 1. The Balaban J connectivity index is 1.72. The molecule has 1 heterocycles. The summed E-state index contributed by atoms with van der Waals surface area (Å²) < 4.78 is 15.1. The summed E-state index contributed by atoms with van der Waals surface area (Å²) in [5.41, 5.74) is 1.68. The Morgan fingerprint density at radius 2 is 1.89 bits per heavy atom. The van der Waals surface area contributed by atoms with Crippen molar-refractivity contribution in [3.8, 4) is 11.5 Å². The minimum Gasteiger partial charge on any atom is -0.497 e. The number of fused-ring (bicyclic) bond motifs is 1. The van der Waals surface area contributed by atoms with Gasteiger partial charge in [-0.3, -0.25) is 4.79 Å². The Morgan fingerprint density at radius 3 is 2.61 bits per heavy atom. The molecule has 0 aliphatic carbocycles. The van der Waals surface area contributed by atoms with Crippen LogP contribution in [0.5, 0.6) is 11.5 Å². The second-order valence-corrected chi connectivity index (χ2v) is 5.55. The van der Waals surface area contributed by atoms with E-state index in [9.17, 15) is 9.59 Å². The number of ether oxygens (including phenoxy) is 3. The standard InChI is InChI=1S/C18H18N4O6/c1-25-12-5-7-16(26-2)14(9-12)19-17(23)10-28-22-15-8-11(18(24)27-3)4-6-13(15)20-21-22/h4-9H,10H2,1-3H3,(H,19,23). The van der Waals surface area contributed by atoms with Crippen LogP contribution in [0.15, 0.2) is 36.4 Å². The normalized spacial score (nSPS) is 10.4. The van der Waals surface area contributed by atoms with E-state index < -0.39 is 11.9 Å².